The van der Waals surface area contributed by atoms with Gasteiger partial charge in [0.25, 0.3) is 0 Å². The van der Waals surface area contributed by atoms with Gasteiger partial charge in [-0.1, -0.05) is 0 Å². The van der Waals surface area contributed by atoms with Gasteiger partial charge in [-0.05, 0) is 69.3 Å². The van der Waals surface area contributed by atoms with Crippen LogP contribution in [0.5, 0.6) is 0 Å². The fourth-order valence-corrected chi connectivity index (χ4v) is 5.51. The Bertz CT molecular complexity index is 529. The van der Waals surface area contributed by atoms with Crippen molar-refractivity contribution < 1.29 is 4.79 Å². The van der Waals surface area contributed by atoms with E-state index in [1.165, 1.54) is 38.5 Å². The maximum Gasteiger partial charge on any atom is 0.315 e. The Morgan fingerprint density at radius 2 is 1.91 bits per heavy atom. The summed E-state index contributed by atoms with van der Waals surface area (Å²) < 4.78 is 1.92. The van der Waals surface area contributed by atoms with Crippen LogP contribution < -0.4 is 10.6 Å². The third kappa shape index (κ3) is 2.50. The average Bonchev–Trinajstić information content (AvgIpc) is 2.90. The van der Waals surface area contributed by atoms with E-state index in [0.717, 1.165) is 30.0 Å². The summed E-state index contributed by atoms with van der Waals surface area (Å²) in [6.07, 6.45) is 9.57. The number of hydrogen-bond acceptors (Lipinski definition) is 2. The number of nitrogens with one attached hydrogen (secondary N) is 2. The molecule has 5 nitrogen and oxygen atoms in total. The molecule has 0 aliphatic heterocycles. The molecule has 120 valence electrons. The van der Waals surface area contributed by atoms with Crippen molar-refractivity contribution >= 4 is 6.03 Å². The van der Waals surface area contributed by atoms with Crippen LogP contribution in [0, 0.1) is 17.8 Å². The van der Waals surface area contributed by atoms with E-state index in [1.807, 2.05) is 10.7 Å². The van der Waals surface area contributed by atoms with Gasteiger partial charge in [-0.25, -0.2) is 4.79 Å². The van der Waals surface area contributed by atoms with E-state index in [4.69, 9.17) is 0 Å². The molecule has 0 aromatic carbocycles. The molecule has 4 aliphatic carbocycles. The number of aryl methyl sites for hydroxylation is 1. The van der Waals surface area contributed by atoms with Crippen molar-refractivity contribution in [3.63, 3.8) is 0 Å². The summed E-state index contributed by atoms with van der Waals surface area (Å²) in [4.78, 5) is 12.4. The normalized spacial score (nSPS) is 35.6. The lowest BCUT2D eigenvalue weighted by molar-refractivity contribution is -0.0135. The molecule has 22 heavy (non-hydrogen) atoms. The zero-order chi connectivity index (χ0) is 15.2. The van der Waals surface area contributed by atoms with E-state index in [0.29, 0.717) is 6.54 Å². The summed E-state index contributed by atoms with van der Waals surface area (Å²) in [5, 5.41) is 10.6. The minimum Gasteiger partial charge on any atom is -0.333 e. The summed E-state index contributed by atoms with van der Waals surface area (Å²) >= 11 is 0. The van der Waals surface area contributed by atoms with Gasteiger partial charge in [0.2, 0.25) is 0 Å². The standard InChI is InChI=1S/C17H26N4O/c1-2-21-15(3-4-19-21)11-18-16(22)20-17-8-12-5-13(9-17)7-14(6-12)10-17/h3-4,12-14H,2,5-11H2,1H3,(H2,18,20,22). The molecule has 0 unspecified atom stereocenters. The monoisotopic (exact) mass is 302 g/mol. The SMILES string of the molecule is CCn1nccc1CNC(=O)NC12CC3CC(CC(C3)C1)C2. The second-order valence-corrected chi connectivity index (χ2v) is 7.64. The smallest absolute Gasteiger partial charge is 0.315 e. The number of urea groups is 1. The van der Waals surface area contributed by atoms with Gasteiger partial charge in [0.15, 0.2) is 0 Å². The van der Waals surface area contributed by atoms with Crippen molar-refractivity contribution in [3.8, 4) is 0 Å². The van der Waals surface area contributed by atoms with E-state index in [1.54, 1.807) is 6.20 Å². The predicted molar refractivity (Wildman–Crippen MR) is 84.2 cm³/mol. The maximum absolute atomic E-state index is 12.4. The third-order valence-electron chi connectivity index (χ3n) is 5.95. The van der Waals surface area contributed by atoms with Gasteiger partial charge in [-0.3, -0.25) is 4.68 Å². The number of carbonyl (C=O) groups is 1. The predicted octanol–water partition coefficient (Wildman–Crippen LogP) is 2.67. The minimum atomic E-state index is -0.00852. The first-order valence-electron chi connectivity index (χ1n) is 8.72. The Morgan fingerprint density at radius 3 is 2.50 bits per heavy atom. The summed E-state index contributed by atoms with van der Waals surface area (Å²) in [5.74, 6) is 2.56. The number of amides is 2. The highest BCUT2D eigenvalue weighted by molar-refractivity contribution is 5.74. The number of carbonyl (C=O) groups excluding carboxylic acids is 1. The Kier molecular flexibility index (Phi) is 3.39. The molecule has 0 radical (unpaired) electrons. The summed E-state index contributed by atoms with van der Waals surface area (Å²) in [6, 6.07) is 1.96. The molecule has 5 rings (SSSR count). The van der Waals surface area contributed by atoms with Gasteiger partial charge < -0.3 is 10.6 Å². The van der Waals surface area contributed by atoms with Crippen LogP contribution in [0.2, 0.25) is 0 Å². The lowest BCUT2D eigenvalue weighted by Gasteiger charge is -2.56. The first kappa shape index (κ1) is 14.1. The van der Waals surface area contributed by atoms with Crippen molar-refractivity contribution in [1.82, 2.24) is 20.4 Å². The molecule has 2 amide bonds. The van der Waals surface area contributed by atoms with Crippen LogP contribution in [0.1, 0.15) is 51.1 Å². The molecule has 0 spiro atoms. The van der Waals surface area contributed by atoms with Crippen LogP contribution in [0.15, 0.2) is 12.3 Å². The lowest BCUT2D eigenvalue weighted by atomic mass is 9.53. The highest BCUT2D eigenvalue weighted by Crippen LogP contribution is 2.55. The van der Waals surface area contributed by atoms with Gasteiger partial charge in [0, 0.05) is 18.3 Å². The lowest BCUT2D eigenvalue weighted by Crippen LogP contribution is -2.61. The van der Waals surface area contributed by atoms with Crippen LogP contribution in [0.3, 0.4) is 0 Å². The first-order valence-corrected chi connectivity index (χ1v) is 8.72. The molecule has 5 heteroatoms. The Hall–Kier alpha value is -1.52. The Morgan fingerprint density at radius 1 is 1.27 bits per heavy atom. The van der Waals surface area contributed by atoms with Crippen molar-refractivity contribution in [2.75, 3.05) is 0 Å². The Labute approximate surface area is 131 Å². The summed E-state index contributed by atoms with van der Waals surface area (Å²) in [7, 11) is 0. The topological polar surface area (TPSA) is 59.0 Å². The first-order chi connectivity index (χ1) is 10.7. The summed E-state index contributed by atoms with van der Waals surface area (Å²) in [5.41, 5.74) is 1.15. The van der Waals surface area contributed by atoms with Crippen LogP contribution in [0.25, 0.3) is 0 Å². The molecule has 1 heterocycles. The molecule has 4 bridgehead atoms. The number of rotatable bonds is 4. The largest absolute Gasteiger partial charge is 0.333 e. The third-order valence-corrected chi connectivity index (χ3v) is 5.95. The molecular formula is C17H26N4O. The van der Waals surface area contributed by atoms with E-state index < -0.39 is 0 Å². The number of hydrogen-bond donors (Lipinski definition) is 2. The highest BCUT2D eigenvalue weighted by Gasteiger charge is 2.51. The zero-order valence-corrected chi connectivity index (χ0v) is 13.3. The van der Waals surface area contributed by atoms with Crippen molar-refractivity contribution in [2.24, 2.45) is 17.8 Å². The van der Waals surface area contributed by atoms with Crippen molar-refractivity contribution in [2.45, 2.75) is 64.1 Å². The molecule has 0 saturated heterocycles. The van der Waals surface area contributed by atoms with Crippen molar-refractivity contribution in [1.29, 1.82) is 0 Å². The van der Waals surface area contributed by atoms with Crippen LogP contribution >= 0.6 is 0 Å². The second kappa shape index (κ2) is 5.28. The fourth-order valence-electron chi connectivity index (χ4n) is 5.51. The van der Waals surface area contributed by atoms with Gasteiger partial charge in [-0.2, -0.15) is 5.10 Å². The second-order valence-electron chi connectivity index (χ2n) is 7.64. The molecule has 1 aromatic heterocycles. The molecular weight excluding hydrogens is 276 g/mol. The van der Waals surface area contributed by atoms with E-state index in [2.05, 4.69) is 22.7 Å². The van der Waals surface area contributed by atoms with E-state index in [-0.39, 0.29) is 11.6 Å². The van der Waals surface area contributed by atoms with Crippen LogP contribution in [-0.4, -0.2) is 21.4 Å². The number of nitrogens with zero attached hydrogens (tertiary/aromatic N) is 2. The number of aromatic nitrogens is 2. The van der Waals surface area contributed by atoms with Gasteiger partial charge in [0.05, 0.1) is 12.2 Å². The van der Waals surface area contributed by atoms with Crippen LogP contribution in [0.4, 0.5) is 4.79 Å². The maximum atomic E-state index is 12.4. The molecule has 4 aliphatic rings. The molecule has 4 fully saturated rings. The fraction of sp³-hybridized carbons (Fsp3) is 0.765. The molecule has 4 saturated carbocycles. The van der Waals surface area contributed by atoms with Gasteiger partial charge in [-0.15, -0.1) is 0 Å². The summed E-state index contributed by atoms with van der Waals surface area (Å²) in [6.45, 7) is 3.44. The highest BCUT2D eigenvalue weighted by atomic mass is 16.2. The Balaban J connectivity index is 1.36. The van der Waals surface area contributed by atoms with E-state index in [9.17, 15) is 4.79 Å². The van der Waals surface area contributed by atoms with Gasteiger partial charge >= 0.3 is 6.03 Å². The average molecular weight is 302 g/mol. The van der Waals surface area contributed by atoms with Gasteiger partial charge in [0.1, 0.15) is 0 Å². The quantitative estimate of drug-likeness (QED) is 0.898. The zero-order valence-electron chi connectivity index (χ0n) is 13.3. The van der Waals surface area contributed by atoms with E-state index >= 15 is 0 Å². The van der Waals surface area contributed by atoms with Crippen molar-refractivity contribution in [3.05, 3.63) is 18.0 Å². The molecule has 1 aromatic rings. The molecule has 0 atom stereocenters. The molecule has 2 N–H and O–H groups in total. The minimum absolute atomic E-state index is 0.00852. The van der Waals surface area contributed by atoms with Crippen LogP contribution in [-0.2, 0) is 13.1 Å².